The number of rotatable bonds is 4. The van der Waals surface area contributed by atoms with E-state index in [4.69, 9.17) is 17.0 Å². The molecule has 22 heavy (non-hydrogen) atoms. The van der Waals surface area contributed by atoms with E-state index in [-0.39, 0.29) is 5.91 Å². The summed E-state index contributed by atoms with van der Waals surface area (Å²) in [7, 11) is 0. The first-order chi connectivity index (χ1) is 10.7. The van der Waals surface area contributed by atoms with E-state index in [0.717, 1.165) is 18.6 Å². The molecule has 0 saturated heterocycles. The average molecular weight is 320 g/mol. The van der Waals surface area contributed by atoms with Crippen LogP contribution in [0.15, 0.2) is 24.3 Å². The van der Waals surface area contributed by atoms with E-state index in [0.29, 0.717) is 23.3 Å². The highest BCUT2D eigenvalue weighted by molar-refractivity contribution is 7.80. The molecule has 2 rings (SSSR count). The predicted molar refractivity (Wildman–Crippen MR) is 92.3 cm³/mol. The van der Waals surface area contributed by atoms with Gasteiger partial charge in [-0.1, -0.05) is 25.7 Å². The lowest BCUT2D eigenvalue weighted by molar-refractivity contribution is 0.0976. The van der Waals surface area contributed by atoms with Crippen LogP contribution < -0.4 is 15.4 Å². The van der Waals surface area contributed by atoms with E-state index in [1.807, 2.05) is 6.92 Å². The van der Waals surface area contributed by atoms with E-state index >= 15 is 0 Å². The summed E-state index contributed by atoms with van der Waals surface area (Å²) in [6.45, 7) is 2.54. The van der Waals surface area contributed by atoms with Crippen molar-refractivity contribution >= 4 is 23.2 Å². The molecule has 120 valence electrons. The summed E-state index contributed by atoms with van der Waals surface area (Å²) in [5.41, 5.74) is 0.577. The molecule has 1 amide bonds. The minimum absolute atomic E-state index is 0.186. The fraction of sp³-hybridized carbons (Fsp3) is 0.529. The van der Waals surface area contributed by atoms with Gasteiger partial charge in [0, 0.05) is 11.6 Å². The van der Waals surface area contributed by atoms with E-state index in [9.17, 15) is 4.79 Å². The molecule has 2 N–H and O–H groups in total. The van der Waals surface area contributed by atoms with Gasteiger partial charge in [0.2, 0.25) is 0 Å². The van der Waals surface area contributed by atoms with Gasteiger partial charge in [0.05, 0.1) is 6.61 Å². The van der Waals surface area contributed by atoms with Crippen molar-refractivity contribution in [2.45, 2.75) is 51.5 Å². The van der Waals surface area contributed by atoms with Crippen molar-refractivity contribution in [1.82, 2.24) is 10.6 Å². The predicted octanol–water partition coefficient (Wildman–Crippen LogP) is 3.41. The van der Waals surface area contributed by atoms with Gasteiger partial charge >= 0.3 is 0 Å². The summed E-state index contributed by atoms with van der Waals surface area (Å²) in [6, 6.07) is 7.46. The Kier molecular flexibility index (Phi) is 6.65. The van der Waals surface area contributed by atoms with Crippen LogP contribution >= 0.6 is 12.2 Å². The lowest BCUT2D eigenvalue weighted by Crippen LogP contribution is -2.44. The van der Waals surface area contributed by atoms with Crippen LogP contribution in [0.5, 0.6) is 5.75 Å². The number of hydrogen-bond acceptors (Lipinski definition) is 3. The Balaban J connectivity index is 1.83. The second-order valence-corrected chi connectivity index (χ2v) is 5.98. The number of nitrogens with one attached hydrogen (secondary N) is 2. The molecule has 0 aromatic heterocycles. The summed E-state index contributed by atoms with van der Waals surface area (Å²) in [5.74, 6) is 0.576. The quantitative estimate of drug-likeness (QED) is 0.659. The summed E-state index contributed by atoms with van der Waals surface area (Å²) in [5, 5.41) is 6.44. The van der Waals surface area contributed by atoms with Crippen LogP contribution in [-0.4, -0.2) is 23.7 Å². The highest BCUT2D eigenvalue weighted by atomic mass is 32.1. The van der Waals surface area contributed by atoms with Gasteiger partial charge < -0.3 is 10.1 Å². The lowest BCUT2D eigenvalue weighted by Gasteiger charge is -2.18. The van der Waals surface area contributed by atoms with Crippen molar-refractivity contribution in [1.29, 1.82) is 0 Å². The number of ether oxygens (including phenoxy) is 1. The summed E-state index contributed by atoms with van der Waals surface area (Å²) in [4.78, 5) is 12.2. The molecule has 0 unspecified atom stereocenters. The molecule has 4 nitrogen and oxygen atoms in total. The second kappa shape index (κ2) is 8.73. The molecule has 0 spiro atoms. The highest BCUT2D eigenvalue weighted by Crippen LogP contribution is 2.17. The van der Waals surface area contributed by atoms with Gasteiger partial charge in [-0.15, -0.1) is 0 Å². The van der Waals surface area contributed by atoms with Gasteiger partial charge in [-0.2, -0.15) is 0 Å². The molecule has 0 heterocycles. The van der Waals surface area contributed by atoms with E-state index in [1.165, 1.54) is 25.7 Å². The molecular weight excluding hydrogens is 296 g/mol. The van der Waals surface area contributed by atoms with Crippen LogP contribution in [0.3, 0.4) is 0 Å². The highest BCUT2D eigenvalue weighted by Gasteiger charge is 2.14. The largest absolute Gasteiger partial charge is 0.494 e. The summed E-state index contributed by atoms with van der Waals surface area (Å²) < 4.78 is 5.36. The Morgan fingerprint density at radius 1 is 1.18 bits per heavy atom. The van der Waals surface area contributed by atoms with E-state index in [2.05, 4.69) is 10.6 Å². The van der Waals surface area contributed by atoms with Crippen LogP contribution in [0, 0.1) is 0 Å². The van der Waals surface area contributed by atoms with E-state index in [1.54, 1.807) is 24.3 Å². The smallest absolute Gasteiger partial charge is 0.257 e. The molecule has 1 aliphatic carbocycles. The second-order valence-electron chi connectivity index (χ2n) is 5.57. The number of carbonyl (C=O) groups excluding carboxylic acids is 1. The third-order valence-electron chi connectivity index (χ3n) is 3.84. The SMILES string of the molecule is CCOc1ccc(C(=O)NC(=S)NC2CCCCCC2)cc1. The van der Waals surface area contributed by atoms with Crippen LogP contribution in [0.4, 0.5) is 0 Å². The van der Waals surface area contributed by atoms with Crippen LogP contribution in [0.2, 0.25) is 0 Å². The first-order valence-electron chi connectivity index (χ1n) is 8.03. The Bertz CT molecular complexity index is 494. The van der Waals surface area contributed by atoms with Crippen LogP contribution in [0.1, 0.15) is 55.8 Å². The van der Waals surface area contributed by atoms with Gasteiger partial charge in [-0.3, -0.25) is 10.1 Å². The molecule has 1 fully saturated rings. The third-order valence-corrected chi connectivity index (χ3v) is 4.06. The molecule has 1 aromatic carbocycles. The minimum atomic E-state index is -0.186. The zero-order chi connectivity index (χ0) is 15.8. The van der Waals surface area contributed by atoms with Gasteiger partial charge in [-0.25, -0.2) is 0 Å². The molecular formula is C17H24N2O2S. The Morgan fingerprint density at radius 3 is 2.41 bits per heavy atom. The Morgan fingerprint density at radius 2 is 1.82 bits per heavy atom. The lowest BCUT2D eigenvalue weighted by atomic mass is 10.1. The molecule has 0 atom stereocenters. The van der Waals surface area contributed by atoms with Crippen LogP contribution in [0.25, 0.3) is 0 Å². The maximum atomic E-state index is 12.2. The van der Waals surface area contributed by atoms with Crippen molar-refractivity contribution in [2.75, 3.05) is 6.61 Å². The molecule has 0 bridgehead atoms. The standard InChI is InChI=1S/C17H24N2O2S/c1-2-21-15-11-9-13(10-12-15)16(20)19-17(22)18-14-7-5-3-4-6-8-14/h9-12,14H,2-8H2,1H3,(H2,18,19,20,22). The number of amides is 1. The maximum Gasteiger partial charge on any atom is 0.257 e. The summed E-state index contributed by atoms with van der Waals surface area (Å²) >= 11 is 5.25. The zero-order valence-corrected chi connectivity index (χ0v) is 13.9. The first-order valence-corrected chi connectivity index (χ1v) is 8.44. The molecule has 0 aliphatic heterocycles. The number of thiocarbonyl (C=S) groups is 1. The Labute approximate surface area is 137 Å². The molecule has 0 radical (unpaired) electrons. The minimum Gasteiger partial charge on any atom is -0.494 e. The Hall–Kier alpha value is -1.62. The monoisotopic (exact) mass is 320 g/mol. The van der Waals surface area contributed by atoms with Crippen LogP contribution in [-0.2, 0) is 0 Å². The fourth-order valence-electron chi connectivity index (χ4n) is 2.69. The molecule has 1 aromatic rings. The van der Waals surface area contributed by atoms with Crippen molar-refractivity contribution in [3.8, 4) is 5.75 Å². The van der Waals surface area contributed by atoms with Gasteiger partial charge in [0.15, 0.2) is 5.11 Å². The van der Waals surface area contributed by atoms with Gasteiger partial charge in [0.25, 0.3) is 5.91 Å². The fourth-order valence-corrected chi connectivity index (χ4v) is 2.95. The molecule has 1 saturated carbocycles. The van der Waals surface area contributed by atoms with Crippen molar-refractivity contribution < 1.29 is 9.53 Å². The summed E-state index contributed by atoms with van der Waals surface area (Å²) in [6.07, 6.45) is 7.30. The van der Waals surface area contributed by atoms with Crippen molar-refractivity contribution in [3.63, 3.8) is 0 Å². The normalized spacial score (nSPS) is 15.7. The van der Waals surface area contributed by atoms with Crippen molar-refractivity contribution in [3.05, 3.63) is 29.8 Å². The number of benzene rings is 1. The number of carbonyl (C=O) groups is 1. The molecule has 1 aliphatic rings. The average Bonchev–Trinajstić information content (AvgIpc) is 2.77. The maximum absolute atomic E-state index is 12.2. The topological polar surface area (TPSA) is 50.4 Å². The van der Waals surface area contributed by atoms with E-state index < -0.39 is 0 Å². The zero-order valence-electron chi connectivity index (χ0n) is 13.1. The van der Waals surface area contributed by atoms with Gasteiger partial charge in [0.1, 0.15) is 5.75 Å². The first kappa shape index (κ1) is 16.7. The van der Waals surface area contributed by atoms with Crippen molar-refractivity contribution in [2.24, 2.45) is 0 Å². The third kappa shape index (κ3) is 5.30. The van der Waals surface area contributed by atoms with Gasteiger partial charge in [-0.05, 0) is 56.2 Å². The molecule has 5 heteroatoms. The number of hydrogen-bond donors (Lipinski definition) is 2.